The minimum Gasteiger partial charge on any atom is -0.309 e. The van der Waals surface area contributed by atoms with Crippen LogP contribution in [0.1, 0.15) is 18.5 Å². The Kier molecular flexibility index (Phi) is 4.86. The number of pyridine rings is 1. The number of hydrogen-bond donors (Lipinski definition) is 1. The molecule has 0 aliphatic carbocycles. The van der Waals surface area contributed by atoms with Gasteiger partial charge in [-0.15, -0.1) is 0 Å². The number of nitrogens with zero attached hydrogens (tertiary/aromatic N) is 1. The number of benzene rings is 1. The molecule has 0 bridgehead atoms. The van der Waals surface area contributed by atoms with E-state index in [1.165, 1.54) is 28.2 Å². The largest absolute Gasteiger partial charge is 0.309 e. The second kappa shape index (κ2) is 6.83. The van der Waals surface area contributed by atoms with Crippen LogP contribution in [0.25, 0.3) is 10.9 Å². The zero-order valence-corrected chi connectivity index (χ0v) is 13.3. The summed E-state index contributed by atoms with van der Waals surface area (Å²) in [6, 6.07) is 11.2. The van der Waals surface area contributed by atoms with E-state index in [4.69, 9.17) is 0 Å². The fraction of sp³-hybridized carbons (Fsp3) is 0.438. The van der Waals surface area contributed by atoms with Gasteiger partial charge in [0.15, 0.2) is 0 Å². The molecule has 2 unspecified atom stereocenters. The van der Waals surface area contributed by atoms with Crippen molar-refractivity contribution in [2.75, 3.05) is 23.8 Å². The molecule has 1 aliphatic rings. The molecule has 4 heteroatoms. The molecule has 2 heterocycles. The van der Waals surface area contributed by atoms with E-state index in [1.807, 2.05) is 12.3 Å². The number of nitrogens with one attached hydrogen (secondary N) is 1. The first-order valence-corrected chi connectivity index (χ1v) is 9.37. The van der Waals surface area contributed by atoms with Gasteiger partial charge in [0.2, 0.25) is 0 Å². The molecule has 2 atom stereocenters. The molecular formula is C16H20N2S2. The Bertz CT molecular complexity index is 562. The lowest BCUT2D eigenvalue weighted by molar-refractivity contribution is 0.554. The first kappa shape index (κ1) is 14.2. The minimum absolute atomic E-state index is 0.422. The van der Waals surface area contributed by atoms with E-state index in [-0.39, 0.29) is 0 Å². The Morgan fingerprint density at radius 1 is 1.30 bits per heavy atom. The summed E-state index contributed by atoms with van der Waals surface area (Å²) in [6.45, 7) is 3.19. The third-order valence-corrected chi connectivity index (χ3v) is 6.52. The first-order chi connectivity index (χ1) is 9.90. The molecule has 0 amide bonds. The molecule has 106 valence electrons. The fourth-order valence-electron chi connectivity index (χ4n) is 2.76. The molecule has 1 fully saturated rings. The van der Waals surface area contributed by atoms with Crippen molar-refractivity contribution in [1.82, 2.24) is 10.3 Å². The molecule has 20 heavy (non-hydrogen) atoms. The fourth-order valence-corrected chi connectivity index (χ4v) is 5.62. The van der Waals surface area contributed by atoms with Crippen LogP contribution in [0, 0.1) is 0 Å². The van der Waals surface area contributed by atoms with Gasteiger partial charge in [-0.05, 0) is 24.2 Å². The lowest BCUT2D eigenvalue weighted by Crippen LogP contribution is -2.33. The maximum atomic E-state index is 4.49. The Labute approximate surface area is 129 Å². The molecule has 1 aromatic carbocycles. The summed E-state index contributed by atoms with van der Waals surface area (Å²) in [5, 5.41) is 5.64. The van der Waals surface area contributed by atoms with Crippen LogP contribution in [0.5, 0.6) is 0 Å². The Morgan fingerprint density at radius 3 is 3.05 bits per heavy atom. The van der Waals surface area contributed by atoms with Crippen molar-refractivity contribution in [3.8, 4) is 0 Å². The van der Waals surface area contributed by atoms with Crippen LogP contribution in [-0.2, 0) is 0 Å². The molecular weight excluding hydrogens is 284 g/mol. The van der Waals surface area contributed by atoms with Gasteiger partial charge < -0.3 is 5.32 Å². The van der Waals surface area contributed by atoms with Gasteiger partial charge >= 0.3 is 0 Å². The van der Waals surface area contributed by atoms with Crippen LogP contribution >= 0.6 is 23.5 Å². The second-order valence-electron chi connectivity index (χ2n) is 4.94. The highest BCUT2D eigenvalue weighted by atomic mass is 32.2. The monoisotopic (exact) mass is 304 g/mol. The van der Waals surface area contributed by atoms with Gasteiger partial charge in [-0.2, -0.15) is 23.5 Å². The summed E-state index contributed by atoms with van der Waals surface area (Å²) in [6.07, 6.45) is 1.87. The van der Waals surface area contributed by atoms with Crippen LogP contribution < -0.4 is 5.32 Å². The third kappa shape index (κ3) is 2.97. The summed E-state index contributed by atoms with van der Waals surface area (Å²) in [5.74, 6) is 3.79. The molecule has 1 aromatic heterocycles. The Balaban J connectivity index is 2.00. The molecule has 2 nitrogen and oxygen atoms in total. The number of aromatic nitrogens is 1. The summed E-state index contributed by atoms with van der Waals surface area (Å²) >= 11 is 4.19. The van der Waals surface area contributed by atoms with Crippen molar-refractivity contribution in [3.05, 3.63) is 42.1 Å². The van der Waals surface area contributed by atoms with Crippen molar-refractivity contribution < 1.29 is 0 Å². The van der Waals surface area contributed by atoms with Crippen LogP contribution in [0.15, 0.2) is 36.5 Å². The summed E-state index contributed by atoms with van der Waals surface area (Å²) in [7, 11) is 0. The first-order valence-electron chi connectivity index (χ1n) is 7.16. The average Bonchev–Trinajstić information content (AvgIpc) is 2.53. The predicted molar refractivity (Wildman–Crippen MR) is 91.7 cm³/mol. The minimum atomic E-state index is 0.422. The molecule has 1 saturated heterocycles. The lowest BCUT2D eigenvalue weighted by Gasteiger charge is -2.31. The van der Waals surface area contributed by atoms with E-state index in [2.05, 4.69) is 65.0 Å². The van der Waals surface area contributed by atoms with E-state index in [0.29, 0.717) is 11.3 Å². The van der Waals surface area contributed by atoms with Crippen molar-refractivity contribution in [1.29, 1.82) is 0 Å². The summed E-state index contributed by atoms with van der Waals surface area (Å²) in [5.41, 5.74) is 2.50. The van der Waals surface area contributed by atoms with Crippen molar-refractivity contribution in [2.24, 2.45) is 0 Å². The van der Waals surface area contributed by atoms with Crippen LogP contribution in [-0.4, -0.2) is 34.0 Å². The van der Waals surface area contributed by atoms with E-state index in [9.17, 15) is 0 Å². The number of thioether (sulfide) groups is 2. The molecule has 3 rings (SSSR count). The van der Waals surface area contributed by atoms with E-state index in [0.717, 1.165) is 12.1 Å². The standard InChI is InChI=1S/C16H20N2S2/c1-2-17-16(15-11-19-9-10-20-15)13-5-3-7-14-12(13)6-4-8-18-14/h3-8,15-17H,2,9-11H2,1H3. The van der Waals surface area contributed by atoms with E-state index < -0.39 is 0 Å². The van der Waals surface area contributed by atoms with Crippen molar-refractivity contribution >= 4 is 34.4 Å². The van der Waals surface area contributed by atoms with Gasteiger partial charge in [0.05, 0.1) is 5.52 Å². The molecule has 0 spiro atoms. The van der Waals surface area contributed by atoms with E-state index in [1.54, 1.807) is 0 Å². The molecule has 0 saturated carbocycles. The molecule has 1 aliphatic heterocycles. The lowest BCUT2D eigenvalue weighted by atomic mass is 9.99. The van der Waals surface area contributed by atoms with Gasteiger partial charge in [-0.25, -0.2) is 0 Å². The van der Waals surface area contributed by atoms with Gasteiger partial charge in [-0.3, -0.25) is 4.98 Å². The van der Waals surface area contributed by atoms with Crippen molar-refractivity contribution in [2.45, 2.75) is 18.2 Å². The third-order valence-electron chi connectivity index (χ3n) is 3.65. The van der Waals surface area contributed by atoms with Crippen LogP contribution in [0.3, 0.4) is 0 Å². The smallest absolute Gasteiger partial charge is 0.0705 e. The predicted octanol–water partition coefficient (Wildman–Crippen LogP) is 3.73. The van der Waals surface area contributed by atoms with Crippen molar-refractivity contribution in [3.63, 3.8) is 0 Å². The normalized spacial score (nSPS) is 20.9. The highest BCUT2D eigenvalue weighted by molar-refractivity contribution is 8.06. The Morgan fingerprint density at radius 2 is 2.25 bits per heavy atom. The maximum absolute atomic E-state index is 4.49. The highest BCUT2D eigenvalue weighted by Gasteiger charge is 2.26. The van der Waals surface area contributed by atoms with Gasteiger partial charge in [0, 0.05) is 40.1 Å². The summed E-state index contributed by atoms with van der Waals surface area (Å²) < 4.78 is 0. The van der Waals surface area contributed by atoms with Gasteiger partial charge in [0.25, 0.3) is 0 Å². The number of hydrogen-bond acceptors (Lipinski definition) is 4. The highest BCUT2D eigenvalue weighted by Crippen LogP contribution is 2.35. The maximum Gasteiger partial charge on any atom is 0.0705 e. The quantitative estimate of drug-likeness (QED) is 0.930. The second-order valence-corrected chi connectivity index (χ2v) is 7.43. The zero-order chi connectivity index (χ0) is 13.8. The molecule has 0 radical (unpaired) electrons. The van der Waals surface area contributed by atoms with E-state index >= 15 is 0 Å². The topological polar surface area (TPSA) is 24.9 Å². The summed E-state index contributed by atoms with van der Waals surface area (Å²) in [4.78, 5) is 4.49. The van der Waals surface area contributed by atoms with Gasteiger partial charge in [0.1, 0.15) is 0 Å². The van der Waals surface area contributed by atoms with Gasteiger partial charge in [-0.1, -0.05) is 25.1 Å². The zero-order valence-electron chi connectivity index (χ0n) is 11.7. The van der Waals surface area contributed by atoms with Crippen LogP contribution in [0.4, 0.5) is 0 Å². The molecule has 2 aromatic rings. The van der Waals surface area contributed by atoms with Crippen LogP contribution in [0.2, 0.25) is 0 Å². The average molecular weight is 304 g/mol. The number of rotatable bonds is 4. The molecule has 1 N–H and O–H groups in total. The Hall–Kier alpha value is -0.710. The SMILES string of the molecule is CCNC(c1cccc2ncccc12)C1CSCCS1. The number of fused-ring (bicyclic) bond motifs is 1.